The Labute approximate surface area is 150 Å². The number of benzene rings is 2. The molecule has 0 saturated heterocycles. The third kappa shape index (κ3) is 3.91. The van der Waals surface area contributed by atoms with E-state index in [1.54, 1.807) is 25.6 Å². The van der Waals surface area contributed by atoms with E-state index < -0.39 is 0 Å². The summed E-state index contributed by atoms with van der Waals surface area (Å²) in [4.78, 5) is 6.02. The quantitative estimate of drug-likeness (QED) is 0.551. The van der Waals surface area contributed by atoms with Gasteiger partial charge < -0.3 is 9.47 Å². The highest BCUT2D eigenvalue weighted by atomic mass is 32.2. The highest BCUT2D eigenvalue weighted by molar-refractivity contribution is 7.98. The van der Waals surface area contributed by atoms with Crippen molar-refractivity contribution in [1.82, 2.24) is 4.98 Å². The molecule has 0 N–H and O–H groups in total. The van der Waals surface area contributed by atoms with Gasteiger partial charge in [0, 0.05) is 21.6 Å². The number of methoxy groups -OCH3 is 2. The average molecular weight is 358 g/mol. The van der Waals surface area contributed by atoms with E-state index >= 15 is 0 Å². The van der Waals surface area contributed by atoms with E-state index in [1.165, 1.54) is 10.5 Å². The first-order valence-electron chi connectivity index (χ1n) is 7.56. The first kappa shape index (κ1) is 16.9. The number of aromatic nitrogens is 1. The van der Waals surface area contributed by atoms with Crippen LogP contribution in [0.3, 0.4) is 0 Å². The van der Waals surface area contributed by atoms with E-state index in [0.29, 0.717) is 0 Å². The number of hydrogen-bond acceptors (Lipinski definition) is 5. The molecule has 1 aromatic heterocycles. The fourth-order valence-electron chi connectivity index (χ4n) is 2.34. The maximum Gasteiger partial charge on any atom is 0.161 e. The van der Waals surface area contributed by atoms with Crippen LogP contribution in [0.15, 0.2) is 52.7 Å². The number of aryl methyl sites for hydroxylation is 1. The lowest BCUT2D eigenvalue weighted by Crippen LogP contribution is -1.90. The van der Waals surface area contributed by atoms with Crippen LogP contribution in [0.1, 0.15) is 11.3 Å². The minimum Gasteiger partial charge on any atom is -0.493 e. The van der Waals surface area contributed by atoms with E-state index in [2.05, 4.69) is 36.6 Å². The van der Waals surface area contributed by atoms with Crippen LogP contribution < -0.4 is 9.47 Å². The number of rotatable bonds is 6. The van der Waals surface area contributed by atoms with Crippen molar-refractivity contribution in [2.75, 3.05) is 14.2 Å². The van der Waals surface area contributed by atoms with E-state index in [-0.39, 0.29) is 0 Å². The third-order valence-corrected chi connectivity index (χ3v) is 5.53. The largest absolute Gasteiger partial charge is 0.493 e. The summed E-state index contributed by atoms with van der Waals surface area (Å²) in [5.41, 5.74) is 3.42. The summed E-state index contributed by atoms with van der Waals surface area (Å²) >= 11 is 3.46. The van der Waals surface area contributed by atoms with Crippen molar-refractivity contribution in [3.8, 4) is 22.1 Å². The Bertz CT molecular complexity index is 830. The lowest BCUT2D eigenvalue weighted by atomic mass is 10.2. The molecular weight excluding hydrogens is 338 g/mol. The second-order valence-corrected chi connectivity index (χ2v) is 7.23. The highest BCUT2D eigenvalue weighted by Crippen LogP contribution is 2.34. The molecule has 2 aromatic carbocycles. The molecule has 24 heavy (non-hydrogen) atoms. The van der Waals surface area contributed by atoms with E-state index in [9.17, 15) is 0 Å². The van der Waals surface area contributed by atoms with Crippen molar-refractivity contribution in [3.63, 3.8) is 0 Å². The topological polar surface area (TPSA) is 31.4 Å². The smallest absolute Gasteiger partial charge is 0.161 e. The molecule has 5 heteroatoms. The SMILES string of the molecule is COc1ccc(-c2nc(CSc3cccc(C)c3)cs2)cc1OC. The van der Waals surface area contributed by atoms with Crippen molar-refractivity contribution in [2.45, 2.75) is 17.6 Å². The van der Waals surface area contributed by atoms with Crippen LogP contribution in [-0.2, 0) is 5.75 Å². The summed E-state index contributed by atoms with van der Waals surface area (Å²) in [5.74, 6) is 2.32. The zero-order chi connectivity index (χ0) is 16.9. The molecule has 0 spiro atoms. The van der Waals surface area contributed by atoms with Gasteiger partial charge in [-0.1, -0.05) is 17.7 Å². The molecule has 0 amide bonds. The summed E-state index contributed by atoms with van der Waals surface area (Å²) in [6.07, 6.45) is 0. The lowest BCUT2D eigenvalue weighted by molar-refractivity contribution is 0.355. The van der Waals surface area contributed by atoms with Gasteiger partial charge in [0.15, 0.2) is 11.5 Å². The zero-order valence-electron chi connectivity index (χ0n) is 13.9. The number of hydrogen-bond donors (Lipinski definition) is 0. The van der Waals surface area contributed by atoms with Crippen LogP contribution in [0.5, 0.6) is 11.5 Å². The molecule has 124 valence electrons. The molecule has 0 saturated carbocycles. The van der Waals surface area contributed by atoms with E-state index in [1.807, 2.05) is 30.0 Å². The first-order chi connectivity index (χ1) is 11.7. The van der Waals surface area contributed by atoms with Crippen LogP contribution in [0.2, 0.25) is 0 Å². The van der Waals surface area contributed by atoms with Gasteiger partial charge in [-0.25, -0.2) is 4.98 Å². The molecule has 0 atom stereocenters. The normalized spacial score (nSPS) is 10.6. The Hall–Kier alpha value is -1.98. The summed E-state index contributed by atoms with van der Waals surface area (Å²) in [6.45, 7) is 2.11. The summed E-state index contributed by atoms with van der Waals surface area (Å²) in [5, 5.41) is 3.12. The molecule has 3 rings (SSSR count). The average Bonchev–Trinajstić information content (AvgIpc) is 3.08. The second kappa shape index (κ2) is 7.73. The Morgan fingerprint density at radius 2 is 1.88 bits per heavy atom. The summed E-state index contributed by atoms with van der Waals surface area (Å²) in [6, 6.07) is 14.4. The Morgan fingerprint density at radius 1 is 1.04 bits per heavy atom. The third-order valence-electron chi connectivity index (χ3n) is 3.56. The summed E-state index contributed by atoms with van der Waals surface area (Å²) in [7, 11) is 3.29. The van der Waals surface area contributed by atoms with Crippen LogP contribution in [-0.4, -0.2) is 19.2 Å². The van der Waals surface area contributed by atoms with Crippen LogP contribution in [0.4, 0.5) is 0 Å². The minimum atomic E-state index is 0.723. The van der Waals surface area contributed by atoms with Gasteiger partial charge in [-0.15, -0.1) is 23.1 Å². The maximum atomic E-state index is 5.37. The Balaban J connectivity index is 1.73. The van der Waals surface area contributed by atoms with Gasteiger partial charge in [0.05, 0.1) is 19.9 Å². The number of nitrogens with zero attached hydrogens (tertiary/aromatic N) is 1. The van der Waals surface area contributed by atoms with Crippen molar-refractivity contribution in [2.24, 2.45) is 0 Å². The monoisotopic (exact) mass is 357 g/mol. The molecule has 0 bridgehead atoms. The first-order valence-corrected chi connectivity index (χ1v) is 9.42. The number of ether oxygens (including phenoxy) is 2. The standard InChI is InChI=1S/C19H19NO2S2/c1-13-5-4-6-16(9-13)23-11-15-12-24-19(20-15)14-7-8-17(21-2)18(10-14)22-3/h4-10,12H,11H2,1-3H3. The van der Waals surface area contributed by atoms with Gasteiger partial charge in [0.2, 0.25) is 0 Å². The van der Waals surface area contributed by atoms with Gasteiger partial charge >= 0.3 is 0 Å². The van der Waals surface area contributed by atoms with Crippen LogP contribution in [0.25, 0.3) is 10.6 Å². The minimum absolute atomic E-state index is 0.723. The fourth-order valence-corrected chi connectivity index (χ4v) is 4.17. The van der Waals surface area contributed by atoms with Gasteiger partial charge in [-0.3, -0.25) is 0 Å². The molecular formula is C19H19NO2S2. The summed E-state index contributed by atoms with van der Waals surface area (Å²) < 4.78 is 10.7. The molecule has 0 aliphatic heterocycles. The fraction of sp³-hybridized carbons (Fsp3) is 0.211. The number of thioether (sulfide) groups is 1. The van der Waals surface area contributed by atoms with Crippen LogP contribution >= 0.6 is 23.1 Å². The molecule has 0 radical (unpaired) electrons. The molecule has 0 fully saturated rings. The van der Waals surface area contributed by atoms with Crippen molar-refractivity contribution in [1.29, 1.82) is 0 Å². The van der Waals surface area contributed by atoms with Crippen LogP contribution in [0, 0.1) is 6.92 Å². The van der Waals surface area contributed by atoms with Crippen molar-refractivity contribution < 1.29 is 9.47 Å². The molecule has 0 aliphatic rings. The van der Waals surface area contributed by atoms with E-state index in [0.717, 1.165) is 33.5 Å². The molecule has 1 heterocycles. The van der Waals surface area contributed by atoms with Gasteiger partial charge in [0.25, 0.3) is 0 Å². The van der Waals surface area contributed by atoms with Crippen molar-refractivity contribution in [3.05, 3.63) is 59.1 Å². The molecule has 0 unspecified atom stereocenters. The predicted molar refractivity (Wildman–Crippen MR) is 101 cm³/mol. The van der Waals surface area contributed by atoms with Crippen molar-refractivity contribution >= 4 is 23.1 Å². The maximum absolute atomic E-state index is 5.37. The predicted octanol–water partition coefficient (Wildman–Crippen LogP) is 5.43. The molecule has 3 nitrogen and oxygen atoms in total. The van der Waals surface area contributed by atoms with Gasteiger partial charge in [0.1, 0.15) is 5.01 Å². The molecule has 3 aromatic rings. The highest BCUT2D eigenvalue weighted by Gasteiger charge is 2.10. The lowest BCUT2D eigenvalue weighted by Gasteiger charge is -2.08. The number of thiazole rings is 1. The molecule has 0 aliphatic carbocycles. The Morgan fingerprint density at radius 3 is 2.62 bits per heavy atom. The van der Waals surface area contributed by atoms with Gasteiger partial charge in [-0.2, -0.15) is 0 Å². The van der Waals surface area contributed by atoms with Gasteiger partial charge in [-0.05, 0) is 37.3 Å². The second-order valence-electron chi connectivity index (χ2n) is 5.32. The van der Waals surface area contributed by atoms with E-state index in [4.69, 9.17) is 14.5 Å². The Kier molecular flexibility index (Phi) is 5.43. The zero-order valence-corrected chi connectivity index (χ0v) is 15.5.